The second-order valence-electron chi connectivity index (χ2n) is 4.24. The van der Waals surface area contributed by atoms with Gasteiger partial charge in [0.1, 0.15) is 0 Å². The topological polar surface area (TPSA) is 44.9 Å². The van der Waals surface area contributed by atoms with Gasteiger partial charge in [-0.25, -0.2) is 0 Å². The van der Waals surface area contributed by atoms with Gasteiger partial charge in [-0.2, -0.15) is 0 Å². The van der Waals surface area contributed by atoms with Gasteiger partial charge < -0.3 is 10.3 Å². The molecule has 2 N–H and O–H groups in total. The first-order valence-electron chi connectivity index (χ1n) is 5.66. The highest BCUT2D eigenvalue weighted by Crippen LogP contribution is 2.16. The summed E-state index contributed by atoms with van der Waals surface area (Å²) >= 11 is 0. The first-order valence-corrected chi connectivity index (χ1v) is 5.66. The molecule has 0 aliphatic carbocycles. The lowest BCUT2D eigenvalue weighted by Crippen LogP contribution is -2.23. The van der Waals surface area contributed by atoms with Crippen LogP contribution in [-0.4, -0.2) is 17.4 Å². The van der Waals surface area contributed by atoms with Crippen molar-refractivity contribution in [3.05, 3.63) is 47.7 Å². The average Bonchev–Trinajstić information content (AvgIpc) is 2.75. The first kappa shape index (κ1) is 11.5. The average molecular weight is 228 g/mol. The summed E-state index contributed by atoms with van der Waals surface area (Å²) in [6.07, 6.45) is 3.84. The molecule has 0 spiro atoms. The van der Waals surface area contributed by atoms with E-state index in [1.54, 1.807) is 0 Å². The fraction of sp³-hybridized carbons (Fsp3) is 0.214. The molecule has 2 aromatic rings. The van der Waals surface area contributed by atoms with Crippen LogP contribution in [-0.2, 0) is 0 Å². The molecule has 1 aromatic heterocycles. The maximum Gasteiger partial charge on any atom is 0.252 e. The molecule has 0 saturated heterocycles. The molecule has 0 bridgehead atoms. The lowest BCUT2D eigenvalue weighted by atomic mass is 10.1. The van der Waals surface area contributed by atoms with Crippen LogP contribution in [0.15, 0.2) is 42.1 Å². The maximum absolute atomic E-state index is 12.0. The molecule has 0 radical (unpaired) electrons. The summed E-state index contributed by atoms with van der Waals surface area (Å²) in [5.74, 6) is -0.0345. The van der Waals surface area contributed by atoms with Gasteiger partial charge in [0.2, 0.25) is 0 Å². The largest absolute Gasteiger partial charge is 0.361 e. The van der Waals surface area contributed by atoms with Crippen molar-refractivity contribution in [1.82, 2.24) is 10.3 Å². The molecule has 0 aliphatic rings. The van der Waals surface area contributed by atoms with Crippen LogP contribution in [0.3, 0.4) is 0 Å². The molecule has 17 heavy (non-hydrogen) atoms. The predicted octanol–water partition coefficient (Wildman–Crippen LogP) is 2.86. The number of hydrogen-bond donors (Lipinski definition) is 2. The molecule has 0 fully saturated rings. The van der Waals surface area contributed by atoms with Crippen molar-refractivity contribution >= 4 is 16.8 Å². The van der Waals surface area contributed by atoms with Gasteiger partial charge >= 0.3 is 0 Å². The van der Waals surface area contributed by atoms with E-state index in [0.717, 1.165) is 10.9 Å². The van der Waals surface area contributed by atoms with Crippen molar-refractivity contribution in [1.29, 1.82) is 0 Å². The molecule has 0 unspecified atom stereocenters. The molecular formula is C14H16N2O. The molecule has 0 atom stereocenters. The monoisotopic (exact) mass is 228 g/mol. The summed E-state index contributed by atoms with van der Waals surface area (Å²) in [6, 6.07) is 7.61. The van der Waals surface area contributed by atoms with E-state index in [9.17, 15) is 4.79 Å². The van der Waals surface area contributed by atoms with E-state index >= 15 is 0 Å². The minimum atomic E-state index is -0.0345. The zero-order valence-electron chi connectivity index (χ0n) is 10.1. The molecular weight excluding hydrogens is 212 g/mol. The summed E-state index contributed by atoms with van der Waals surface area (Å²) in [7, 11) is 0. The van der Waals surface area contributed by atoms with Gasteiger partial charge in [-0.1, -0.05) is 17.7 Å². The van der Waals surface area contributed by atoms with Crippen LogP contribution in [0.1, 0.15) is 24.2 Å². The zero-order valence-corrected chi connectivity index (χ0v) is 10.1. The van der Waals surface area contributed by atoms with Gasteiger partial charge in [0.25, 0.3) is 5.91 Å². The molecule has 0 saturated carbocycles. The minimum absolute atomic E-state index is 0.0345. The van der Waals surface area contributed by atoms with Crippen molar-refractivity contribution in [3.8, 4) is 0 Å². The summed E-state index contributed by atoms with van der Waals surface area (Å²) in [6.45, 7) is 4.60. The molecule has 3 heteroatoms. The highest BCUT2D eigenvalue weighted by atomic mass is 16.1. The van der Waals surface area contributed by atoms with Crippen LogP contribution in [0, 0.1) is 0 Å². The molecule has 1 heterocycles. The Morgan fingerprint density at radius 3 is 2.94 bits per heavy atom. The lowest BCUT2D eigenvalue weighted by Gasteiger charge is -2.04. The van der Waals surface area contributed by atoms with Crippen molar-refractivity contribution in [2.45, 2.75) is 13.8 Å². The second kappa shape index (κ2) is 4.87. The van der Waals surface area contributed by atoms with E-state index in [1.165, 1.54) is 5.57 Å². The Morgan fingerprint density at radius 1 is 1.35 bits per heavy atom. The first-order chi connectivity index (χ1) is 8.18. The van der Waals surface area contributed by atoms with Crippen LogP contribution in [0.25, 0.3) is 10.9 Å². The van der Waals surface area contributed by atoms with Gasteiger partial charge in [0, 0.05) is 29.2 Å². The molecule has 3 nitrogen and oxygen atoms in total. The number of carbonyl (C=O) groups is 1. The Kier molecular flexibility index (Phi) is 3.28. The third kappa shape index (κ3) is 2.56. The summed E-state index contributed by atoms with van der Waals surface area (Å²) in [5.41, 5.74) is 2.90. The Labute approximate surface area is 101 Å². The number of aromatic amines is 1. The number of benzene rings is 1. The van der Waals surface area contributed by atoms with Crippen LogP contribution < -0.4 is 5.32 Å². The number of amides is 1. The normalized spacial score (nSPS) is 10.2. The maximum atomic E-state index is 12.0. The van der Waals surface area contributed by atoms with E-state index < -0.39 is 0 Å². The fourth-order valence-corrected chi connectivity index (χ4v) is 1.73. The van der Waals surface area contributed by atoms with Gasteiger partial charge in [-0.3, -0.25) is 4.79 Å². The molecule has 0 aliphatic heterocycles. The lowest BCUT2D eigenvalue weighted by molar-refractivity contribution is 0.0959. The van der Waals surface area contributed by atoms with Crippen LogP contribution in [0.4, 0.5) is 0 Å². The van der Waals surface area contributed by atoms with Crippen LogP contribution in [0.2, 0.25) is 0 Å². The number of fused-ring (bicyclic) bond motifs is 1. The van der Waals surface area contributed by atoms with Gasteiger partial charge in [0.05, 0.1) is 0 Å². The van der Waals surface area contributed by atoms with Gasteiger partial charge in [-0.05, 0) is 32.0 Å². The summed E-state index contributed by atoms with van der Waals surface area (Å²) < 4.78 is 0. The van der Waals surface area contributed by atoms with Gasteiger partial charge in [0.15, 0.2) is 0 Å². The molecule has 1 amide bonds. The van der Waals surface area contributed by atoms with Crippen molar-refractivity contribution in [2.24, 2.45) is 0 Å². The summed E-state index contributed by atoms with van der Waals surface area (Å²) in [4.78, 5) is 15.1. The van der Waals surface area contributed by atoms with E-state index in [1.807, 2.05) is 50.4 Å². The number of allylic oxidation sites excluding steroid dienone is 1. The SMILES string of the molecule is CC(C)=CCNC(=O)c1cccc2[nH]ccc12. The molecule has 88 valence electrons. The highest BCUT2D eigenvalue weighted by molar-refractivity contribution is 6.06. The van der Waals surface area contributed by atoms with Crippen LogP contribution >= 0.6 is 0 Å². The van der Waals surface area contributed by atoms with Crippen molar-refractivity contribution in [3.63, 3.8) is 0 Å². The number of aromatic nitrogens is 1. The highest BCUT2D eigenvalue weighted by Gasteiger charge is 2.08. The Morgan fingerprint density at radius 2 is 2.18 bits per heavy atom. The number of H-pyrrole nitrogens is 1. The zero-order chi connectivity index (χ0) is 12.3. The molecule has 2 rings (SSSR count). The number of carbonyl (C=O) groups excluding carboxylic acids is 1. The van der Waals surface area contributed by atoms with E-state index in [4.69, 9.17) is 0 Å². The third-order valence-electron chi connectivity index (χ3n) is 2.61. The Hall–Kier alpha value is -2.03. The smallest absolute Gasteiger partial charge is 0.252 e. The molecule has 1 aromatic carbocycles. The number of nitrogens with one attached hydrogen (secondary N) is 2. The number of rotatable bonds is 3. The quantitative estimate of drug-likeness (QED) is 0.779. The standard InChI is InChI=1S/C14H16N2O/c1-10(2)6-8-16-14(17)12-4-3-5-13-11(12)7-9-15-13/h3-7,9,15H,8H2,1-2H3,(H,16,17). The van der Waals surface area contributed by atoms with E-state index in [-0.39, 0.29) is 5.91 Å². The van der Waals surface area contributed by atoms with Crippen molar-refractivity contribution in [2.75, 3.05) is 6.54 Å². The Balaban J connectivity index is 2.19. The fourth-order valence-electron chi connectivity index (χ4n) is 1.73. The van der Waals surface area contributed by atoms with Crippen LogP contribution in [0.5, 0.6) is 0 Å². The summed E-state index contributed by atoms with van der Waals surface area (Å²) in [5, 5.41) is 3.84. The van der Waals surface area contributed by atoms with E-state index in [0.29, 0.717) is 12.1 Å². The minimum Gasteiger partial charge on any atom is -0.361 e. The number of hydrogen-bond acceptors (Lipinski definition) is 1. The second-order valence-corrected chi connectivity index (χ2v) is 4.24. The Bertz CT molecular complexity index is 562. The predicted molar refractivity (Wildman–Crippen MR) is 70.1 cm³/mol. The van der Waals surface area contributed by atoms with Gasteiger partial charge in [-0.15, -0.1) is 0 Å². The third-order valence-corrected chi connectivity index (χ3v) is 2.61. The van der Waals surface area contributed by atoms with Crippen molar-refractivity contribution < 1.29 is 4.79 Å². The van der Waals surface area contributed by atoms with E-state index in [2.05, 4.69) is 10.3 Å².